The van der Waals surface area contributed by atoms with Gasteiger partial charge in [0.15, 0.2) is 5.78 Å². The van der Waals surface area contributed by atoms with Crippen molar-refractivity contribution in [2.75, 3.05) is 5.33 Å². The molecule has 0 atom stereocenters. The molecule has 0 bridgehead atoms. The number of carbonyl (C=O) groups excluding carboxylic acids is 1. The number of rotatable bonds is 5. The molecule has 14 heavy (non-hydrogen) atoms. The minimum atomic E-state index is 0.213. The van der Waals surface area contributed by atoms with E-state index >= 15 is 0 Å². The third-order valence-electron chi connectivity index (χ3n) is 2.14. The Morgan fingerprint density at radius 3 is 2.43 bits per heavy atom. The molecule has 0 radical (unpaired) electrons. The van der Waals surface area contributed by atoms with E-state index in [1.165, 1.54) is 5.56 Å². The highest BCUT2D eigenvalue weighted by atomic mass is 79.9. The van der Waals surface area contributed by atoms with Crippen LogP contribution in [0.5, 0.6) is 0 Å². The van der Waals surface area contributed by atoms with Crippen molar-refractivity contribution in [2.45, 2.75) is 26.2 Å². The number of benzene rings is 1. The molecule has 0 saturated heterocycles. The second kappa shape index (κ2) is 5.97. The topological polar surface area (TPSA) is 17.1 Å². The summed E-state index contributed by atoms with van der Waals surface area (Å²) in [7, 11) is 0. The summed E-state index contributed by atoms with van der Waals surface area (Å²) in [6.45, 7) is 2.16. The van der Waals surface area contributed by atoms with Gasteiger partial charge in [-0.3, -0.25) is 4.79 Å². The van der Waals surface area contributed by atoms with Crippen molar-refractivity contribution in [2.24, 2.45) is 0 Å². The summed E-state index contributed by atoms with van der Waals surface area (Å²) in [5.41, 5.74) is 2.13. The van der Waals surface area contributed by atoms with Crippen LogP contribution in [0.2, 0.25) is 0 Å². The summed E-state index contributed by atoms with van der Waals surface area (Å²) >= 11 is 3.27. The number of alkyl halides is 1. The molecule has 1 rings (SSSR count). The highest BCUT2D eigenvalue weighted by Crippen LogP contribution is 2.09. The molecule has 0 fully saturated rings. The van der Waals surface area contributed by atoms with E-state index < -0.39 is 0 Å². The van der Waals surface area contributed by atoms with Crippen LogP contribution in [-0.4, -0.2) is 11.1 Å². The van der Waals surface area contributed by atoms with Gasteiger partial charge in [0, 0.05) is 17.3 Å². The number of halogens is 1. The van der Waals surface area contributed by atoms with E-state index in [0.29, 0.717) is 6.42 Å². The molecule has 0 aliphatic heterocycles. The minimum absolute atomic E-state index is 0.213. The van der Waals surface area contributed by atoms with E-state index in [4.69, 9.17) is 0 Å². The Morgan fingerprint density at radius 2 is 1.93 bits per heavy atom. The molecule has 0 aliphatic rings. The molecule has 1 nitrogen and oxygen atoms in total. The van der Waals surface area contributed by atoms with E-state index in [1.54, 1.807) is 0 Å². The lowest BCUT2D eigenvalue weighted by molar-refractivity contribution is 0.0990. The van der Waals surface area contributed by atoms with Crippen molar-refractivity contribution in [3.05, 3.63) is 35.4 Å². The fourth-order valence-electron chi connectivity index (χ4n) is 1.38. The van der Waals surface area contributed by atoms with Gasteiger partial charge in [-0.15, -0.1) is 0 Å². The Labute approximate surface area is 93.7 Å². The van der Waals surface area contributed by atoms with Crippen molar-refractivity contribution in [3.8, 4) is 0 Å². The molecule has 2 heteroatoms. The lowest BCUT2D eigenvalue weighted by atomic mass is 10.0. The van der Waals surface area contributed by atoms with Crippen molar-refractivity contribution < 1.29 is 4.79 Å². The Bertz CT molecular complexity index is 290. The molecule has 0 unspecified atom stereocenters. The van der Waals surface area contributed by atoms with E-state index in [-0.39, 0.29) is 5.78 Å². The maximum Gasteiger partial charge on any atom is 0.163 e. The summed E-state index contributed by atoms with van der Waals surface area (Å²) in [5.74, 6) is 0.213. The average Bonchev–Trinajstić information content (AvgIpc) is 2.20. The van der Waals surface area contributed by atoms with Crippen LogP contribution >= 0.6 is 15.9 Å². The number of hydrogen-bond donors (Lipinski definition) is 0. The lowest BCUT2D eigenvalue weighted by Crippen LogP contribution is -1.99. The predicted molar refractivity (Wildman–Crippen MR) is 63.2 cm³/mol. The van der Waals surface area contributed by atoms with Crippen molar-refractivity contribution >= 4 is 21.7 Å². The molecule has 0 saturated carbocycles. The molecule has 0 aromatic heterocycles. The van der Waals surface area contributed by atoms with E-state index in [2.05, 4.69) is 22.9 Å². The highest BCUT2D eigenvalue weighted by molar-refractivity contribution is 9.09. The molecule has 0 heterocycles. The number of hydrogen-bond acceptors (Lipinski definition) is 1. The van der Waals surface area contributed by atoms with Crippen LogP contribution in [0, 0.1) is 0 Å². The van der Waals surface area contributed by atoms with Crippen LogP contribution in [0.3, 0.4) is 0 Å². The van der Waals surface area contributed by atoms with Crippen LogP contribution in [0.4, 0.5) is 0 Å². The van der Waals surface area contributed by atoms with Crippen molar-refractivity contribution in [1.29, 1.82) is 0 Å². The molecule has 1 aromatic rings. The van der Waals surface area contributed by atoms with Gasteiger partial charge in [-0.25, -0.2) is 0 Å². The second-order valence-electron chi connectivity index (χ2n) is 3.31. The zero-order valence-electron chi connectivity index (χ0n) is 8.42. The largest absolute Gasteiger partial charge is 0.294 e. The zero-order chi connectivity index (χ0) is 10.4. The number of carbonyl (C=O) groups is 1. The van der Waals surface area contributed by atoms with Gasteiger partial charge in [-0.05, 0) is 12.0 Å². The first-order valence-corrected chi connectivity index (χ1v) is 6.08. The Balaban J connectivity index is 2.67. The summed E-state index contributed by atoms with van der Waals surface area (Å²) in [5, 5.41) is 0.739. The van der Waals surface area contributed by atoms with Gasteiger partial charge in [-0.1, -0.05) is 53.5 Å². The second-order valence-corrected chi connectivity index (χ2v) is 4.10. The molecule has 0 spiro atoms. The van der Waals surface area contributed by atoms with Crippen LogP contribution in [0.1, 0.15) is 35.7 Å². The van der Waals surface area contributed by atoms with Crippen molar-refractivity contribution in [3.63, 3.8) is 0 Å². The fourth-order valence-corrected chi connectivity index (χ4v) is 1.74. The van der Waals surface area contributed by atoms with Crippen LogP contribution < -0.4 is 0 Å². The van der Waals surface area contributed by atoms with Crippen molar-refractivity contribution in [1.82, 2.24) is 0 Å². The lowest BCUT2D eigenvalue weighted by Gasteiger charge is -2.01. The smallest absolute Gasteiger partial charge is 0.163 e. The standard InChI is InChI=1S/C12H15BrO/c1-2-3-10-4-6-11(7-5-10)12(14)8-9-13/h4-7H,2-3,8-9H2,1H3. The van der Waals surface area contributed by atoms with Crippen LogP contribution in [-0.2, 0) is 6.42 Å². The quantitative estimate of drug-likeness (QED) is 0.580. The zero-order valence-corrected chi connectivity index (χ0v) is 10.0. The number of ketones is 1. The molecular weight excluding hydrogens is 240 g/mol. The monoisotopic (exact) mass is 254 g/mol. The maximum atomic E-state index is 11.5. The summed E-state index contributed by atoms with van der Waals surface area (Å²) in [6.07, 6.45) is 2.81. The van der Waals surface area contributed by atoms with E-state index in [0.717, 1.165) is 23.7 Å². The predicted octanol–water partition coefficient (Wildman–Crippen LogP) is 3.61. The number of Topliss-reactive ketones (excluding diaryl/α,β-unsaturated/α-hetero) is 1. The van der Waals surface area contributed by atoms with E-state index in [1.807, 2.05) is 24.3 Å². The molecule has 0 amide bonds. The van der Waals surface area contributed by atoms with Gasteiger partial charge < -0.3 is 0 Å². The molecule has 76 valence electrons. The Morgan fingerprint density at radius 1 is 1.29 bits per heavy atom. The summed E-state index contributed by atoms with van der Waals surface area (Å²) < 4.78 is 0. The average molecular weight is 255 g/mol. The van der Waals surface area contributed by atoms with Gasteiger partial charge in [0.05, 0.1) is 0 Å². The third kappa shape index (κ3) is 3.26. The normalized spacial score (nSPS) is 10.1. The summed E-state index contributed by atoms with van der Waals surface area (Å²) in [6, 6.07) is 7.95. The minimum Gasteiger partial charge on any atom is -0.294 e. The SMILES string of the molecule is CCCc1ccc(C(=O)CCBr)cc1. The first-order valence-electron chi connectivity index (χ1n) is 4.96. The van der Waals surface area contributed by atoms with Gasteiger partial charge in [0.1, 0.15) is 0 Å². The van der Waals surface area contributed by atoms with Gasteiger partial charge in [0.2, 0.25) is 0 Å². The third-order valence-corrected chi connectivity index (χ3v) is 2.53. The molecule has 0 aliphatic carbocycles. The molecular formula is C12H15BrO. The summed E-state index contributed by atoms with van der Waals surface area (Å²) in [4.78, 5) is 11.5. The molecule has 0 N–H and O–H groups in total. The van der Waals surface area contributed by atoms with Gasteiger partial charge in [0.25, 0.3) is 0 Å². The Hall–Kier alpha value is -0.630. The number of aryl methyl sites for hydroxylation is 1. The Kier molecular flexibility index (Phi) is 4.88. The van der Waals surface area contributed by atoms with Crippen LogP contribution in [0.25, 0.3) is 0 Å². The highest BCUT2D eigenvalue weighted by Gasteiger charge is 2.03. The van der Waals surface area contributed by atoms with Gasteiger partial charge in [-0.2, -0.15) is 0 Å². The first-order chi connectivity index (χ1) is 6.77. The molecule has 1 aromatic carbocycles. The first kappa shape index (κ1) is 11.4. The fraction of sp³-hybridized carbons (Fsp3) is 0.417. The van der Waals surface area contributed by atoms with Crippen LogP contribution in [0.15, 0.2) is 24.3 Å². The van der Waals surface area contributed by atoms with Gasteiger partial charge >= 0.3 is 0 Å². The maximum absolute atomic E-state index is 11.5. The van der Waals surface area contributed by atoms with E-state index in [9.17, 15) is 4.79 Å².